The van der Waals surface area contributed by atoms with E-state index in [1.54, 1.807) is 11.3 Å². The van der Waals surface area contributed by atoms with Crippen LogP contribution >= 0.6 is 22.9 Å². The molecule has 2 amide bonds. The smallest absolute Gasteiger partial charge is 0.271 e. The van der Waals surface area contributed by atoms with Gasteiger partial charge in [0.2, 0.25) is 0 Å². The second-order valence-corrected chi connectivity index (χ2v) is 11.1. The normalized spacial score (nSPS) is 28.4. The highest BCUT2D eigenvalue weighted by atomic mass is 35.5. The molecule has 2 N–H and O–H groups in total. The Balaban J connectivity index is 1.17. The summed E-state index contributed by atoms with van der Waals surface area (Å²) in [7, 11) is 0. The molecule has 6 nitrogen and oxygen atoms in total. The van der Waals surface area contributed by atoms with Gasteiger partial charge in [0.05, 0.1) is 10.0 Å². The molecule has 2 aromatic rings. The average molecular weight is 492 g/mol. The first kappa shape index (κ1) is 22.6. The van der Waals surface area contributed by atoms with Crippen LogP contribution in [0.5, 0.6) is 5.75 Å². The fourth-order valence-corrected chi connectivity index (χ4v) is 6.41. The van der Waals surface area contributed by atoms with Crippen LogP contribution in [0.2, 0.25) is 5.02 Å². The molecule has 4 saturated carbocycles. The predicted molar refractivity (Wildman–Crippen MR) is 124 cm³/mol. The minimum atomic E-state index is -0.582. The van der Waals surface area contributed by atoms with E-state index in [4.69, 9.17) is 16.3 Å². The lowest BCUT2D eigenvalue weighted by molar-refractivity contribution is -0.128. The van der Waals surface area contributed by atoms with Gasteiger partial charge < -0.3 is 15.4 Å². The van der Waals surface area contributed by atoms with Crippen LogP contribution in [-0.2, 0) is 4.79 Å². The van der Waals surface area contributed by atoms with E-state index in [0.717, 1.165) is 37.1 Å². The number of nitrogens with one attached hydrogen (secondary N) is 2. The highest BCUT2D eigenvalue weighted by Gasteiger charge is 2.54. The monoisotopic (exact) mass is 491 g/mol. The molecule has 4 aliphatic carbocycles. The standard InChI is InChI=1S/C24H27ClFN3O3S/c1-14-11-23(29-21(31)19-13-33-22(27-19)15-2-3-15)6-8-24(14,9-7-23)28-20(30)12-32-16-4-5-17(25)18(26)10-16/h4-5,10,13-15H,2-3,6-9,11-12H2,1H3,(H,28,30)(H,29,31)/t14-,23?,24?/m0/s1. The number of fused-ring (bicyclic) bond motifs is 3. The fraction of sp³-hybridized carbons (Fsp3) is 0.542. The Bertz CT molecular complexity index is 1080. The molecule has 1 aromatic carbocycles. The number of carbonyl (C=O) groups is 2. The van der Waals surface area contributed by atoms with Crippen LogP contribution in [0.4, 0.5) is 4.39 Å². The summed E-state index contributed by atoms with van der Waals surface area (Å²) in [6, 6.07) is 4.11. The number of nitrogens with zero attached hydrogens (tertiary/aromatic N) is 1. The Kier molecular flexibility index (Phi) is 5.85. The number of rotatable bonds is 7. The van der Waals surface area contributed by atoms with Gasteiger partial charge in [-0.25, -0.2) is 9.37 Å². The number of hydrogen-bond donors (Lipinski definition) is 2. The summed E-state index contributed by atoms with van der Waals surface area (Å²) in [5, 5.41) is 9.42. The van der Waals surface area contributed by atoms with Gasteiger partial charge in [-0.1, -0.05) is 18.5 Å². The van der Waals surface area contributed by atoms with Gasteiger partial charge in [0.15, 0.2) is 6.61 Å². The zero-order valence-corrected chi connectivity index (χ0v) is 20.0. The lowest BCUT2D eigenvalue weighted by Gasteiger charge is -2.57. The van der Waals surface area contributed by atoms with Crippen molar-refractivity contribution in [2.75, 3.05) is 6.61 Å². The van der Waals surface area contributed by atoms with Gasteiger partial charge in [-0.15, -0.1) is 11.3 Å². The molecule has 176 valence electrons. The Morgan fingerprint density at radius 1 is 1.24 bits per heavy atom. The molecule has 0 spiro atoms. The zero-order valence-electron chi connectivity index (χ0n) is 18.5. The highest BCUT2D eigenvalue weighted by Crippen LogP contribution is 2.50. The minimum Gasteiger partial charge on any atom is -0.484 e. The molecule has 9 heteroatoms. The summed E-state index contributed by atoms with van der Waals surface area (Å²) in [6.45, 7) is 1.94. The molecule has 1 atom stereocenters. The molecule has 6 rings (SSSR count). The Hall–Kier alpha value is -2.19. The number of amides is 2. The van der Waals surface area contributed by atoms with E-state index >= 15 is 0 Å². The fourth-order valence-electron chi connectivity index (χ4n) is 5.32. The van der Waals surface area contributed by atoms with Crippen molar-refractivity contribution in [1.29, 1.82) is 0 Å². The van der Waals surface area contributed by atoms with E-state index in [1.165, 1.54) is 31.0 Å². The van der Waals surface area contributed by atoms with E-state index in [-0.39, 0.29) is 46.2 Å². The topological polar surface area (TPSA) is 80.3 Å². The van der Waals surface area contributed by atoms with Crippen molar-refractivity contribution in [3.05, 3.63) is 45.1 Å². The third-order valence-corrected chi connectivity index (χ3v) is 8.76. The van der Waals surface area contributed by atoms with Crippen molar-refractivity contribution in [3.8, 4) is 5.75 Å². The zero-order chi connectivity index (χ0) is 23.2. The third kappa shape index (κ3) is 4.60. The number of benzene rings is 1. The predicted octanol–water partition coefficient (Wildman–Crippen LogP) is 4.83. The van der Waals surface area contributed by atoms with E-state index in [9.17, 15) is 14.0 Å². The summed E-state index contributed by atoms with van der Waals surface area (Å²) in [5.74, 6) is 0.110. The van der Waals surface area contributed by atoms with Crippen molar-refractivity contribution < 1.29 is 18.7 Å². The average Bonchev–Trinajstić information content (AvgIpc) is 3.52. The molecular weight excluding hydrogens is 465 g/mol. The molecule has 0 aliphatic heterocycles. The molecule has 33 heavy (non-hydrogen) atoms. The van der Waals surface area contributed by atoms with Crippen LogP contribution in [0.1, 0.15) is 73.3 Å². The van der Waals surface area contributed by atoms with Crippen LogP contribution in [0.25, 0.3) is 0 Å². The van der Waals surface area contributed by atoms with Gasteiger partial charge in [0.25, 0.3) is 11.8 Å². The number of carbonyl (C=O) groups excluding carboxylic acids is 2. The quantitative estimate of drug-likeness (QED) is 0.581. The summed E-state index contributed by atoms with van der Waals surface area (Å²) >= 11 is 7.26. The summed E-state index contributed by atoms with van der Waals surface area (Å²) in [4.78, 5) is 30.1. The van der Waals surface area contributed by atoms with Gasteiger partial charge in [0.1, 0.15) is 17.3 Å². The van der Waals surface area contributed by atoms with E-state index in [1.807, 2.05) is 5.38 Å². The van der Waals surface area contributed by atoms with Crippen LogP contribution in [0, 0.1) is 11.7 Å². The lowest BCUT2D eigenvalue weighted by Crippen LogP contribution is -2.67. The summed E-state index contributed by atoms with van der Waals surface area (Å²) in [5.41, 5.74) is -0.0304. The molecule has 0 saturated heterocycles. The number of ether oxygens (including phenoxy) is 1. The largest absolute Gasteiger partial charge is 0.484 e. The van der Waals surface area contributed by atoms with Crippen molar-refractivity contribution in [3.63, 3.8) is 0 Å². The van der Waals surface area contributed by atoms with Crippen molar-refractivity contribution >= 4 is 34.8 Å². The van der Waals surface area contributed by atoms with Crippen molar-refractivity contribution in [2.24, 2.45) is 5.92 Å². The summed E-state index contributed by atoms with van der Waals surface area (Å²) < 4.78 is 19.0. The van der Waals surface area contributed by atoms with Crippen molar-refractivity contribution in [2.45, 2.75) is 68.9 Å². The molecule has 0 radical (unpaired) electrons. The van der Waals surface area contributed by atoms with Crippen LogP contribution in [-0.4, -0.2) is 34.5 Å². The maximum Gasteiger partial charge on any atom is 0.271 e. The Morgan fingerprint density at radius 3 is 2.67 bits per heavy atom. The second-order valence-electron chi connectivity index (χ2n) is 9.75. The highest BCUT2D eigenvalue weighted by molar-refractivity contribution is 7.10. The van der Waals surface area contributed by atoms with E-state index in [0.29, 0.717) is 11.6 Å². The first-order chi connectivity index (χ1) is 15.8. The number of hydrogen-bond acceptors (Lipinski definition) is 5. The summed E-state index contributed by atoms with van der Waals surface area (Å²) in [6.07, 6.45) is 6.36. The van der Waals surface area contributed by atoms with E-state index in [2.05, 4.69) is 22.5 Å². The Morgan fingerprint density at radius 2 is 2.00 bits per heavy atom. The molecule has 4 aliphatic rings. The molecule has 2 bridgehead atoms. The van der Waals surface area contributed by atoms with Crippen LogP contribution in [0.3, 0.4) is 0 Å². The van der Waals surface area contributed by atoms with Gasteiger partial charge in [-0.05, 0) is 63.0 Å². The molecule has 4 fully saturated rings. The van der Waals surface area contributed by atoms with Crippen molar-refractivity contribution in [1.82, 2.24) is 15.6 Å². The van der Waals surface area contributed by atoms with Gasteiger partial charge in [-0.3, -0.25) is 9.59 Å². The Labute approximate surface area is 201 Å². The molecule has 1 heterocycles. The van der Waals surface area contributed by atoms with E-state index < -0.39 is 5.82 Å². The number of aromatic nitrogens is 1. The van der Waals surface area contributed by atoms with Gasteiger partial charge in [0, 0.05) is 28.4 Å². The van der Waals surface area contributed by atoms with Crippen LogP contribution < -0.4 is 15.4 Å². The lowest BCUT2D eigenvalue weighted by atomic mass is 9.56. The number of halogens is 2. The van der Waals surface area contributed by atoms with Gasteiger partial charge >= 0.3 is 0 Å². The second kappa shape index (κ2) is 8.55. The number of thiazole rings is 1. The first-order valence-corrected chi connectivity index (χ1v) is 12.7. The maximum absolute atomic E-state index is 13.6. The molecular formula is C24H27ClFN3O3S. The van der Waals surface area contributed by atoms with Crippen LogP contribution in [0.15, 0.2) is 23.6 Å². The maximum atomic E-state index is 13.6. The molecule has 1 aromatic heterocycles. The SMILES string of the molecule is C[C@H]1CC2(NC(=O)c3csc(C4CC4)n3)CCC1(NC(=O)COc1ccc(Cl)c(F)c1)CC2. The molecule has 0 unspecified atom stereocenters. The minimum absolute atomic E-state index is 0.0117. The first-order valence-electron chi connectivity index (χ1n) is 11.4. The third-order valence-electron chi connectivity index (χ3n) is 7.45. The van der Waals surface area contributed by atoms with Gasteiger partial charge in [-0.2, -0.15) is 0 Å².